The summed E-state index contributed by atoms with van der Waals surface area (Å²) in [6.45, 7) is 9.25. The first kappa shape index (κ1) is 15.1. The lowest BCUT2D eigenvalue weighted by Gasteiger charge is -2.28. The molecule has 1 aromatic rings. The summed E-state index contributed by atoms with van der Waals surface area (Å²) in [5, 5.41) is 0. The van der Waals surface area contributed by atoms with E-state index in [1.807, 2.05) is 19.9 Å². The summed E-state index contributed by atoms with van der Waals surface area (Å²) in [5.74, 6) is 5.68. The van der Waals surface area contributed by atoms with Crippen molar-refractivity contribution in [2.45, 2.75) is 40.0 Å². The molecule has 1 unspecified atom stereocenters. The third-order valence-corrected chi connectivity index (χ3v) is 3.10. The van der Waals surface area contributed by atoms with Crippen molar-refractivity contribution in [3.8, 4) is 0 Å². The molecule has 1 atom stereocenters. The molecule has 4 heteroatoms. The van der Waals surface area contributed by atoms with Gasteiger partial charge in [-0.2, -0.15) is 0 Å². The quantitative estimate of drug-likeness (QED) is 0.444. The van der Waals surface area contributed by atoms with Crippen LogP contribution in [0.1, 0.15) is 36.6 Å². The van der Waals surface area contributed by atoms with E-state index in [0.29, 0.717) is 13.2 Å². The lowest BCUT2D eigenvalue weighted by molar-refractivity contribution is -0.155. The number of aryl methyl sites for hydroxylation is 1. The van der Waals surface area contributed by atoms with Crippen LogP contribution in [0.3, 0.4) is 0 Å². The second-order valence-corrected chi connectivity index (χ2v) is 4.21. The van der Waals surface area contributed by atoms with E-state index in [-0.39, 0.29) is 12.3 Å². The van der Waals surface area contributed by atoms with E-state index in [1.165, 1.54) is 11.1 Å². The molecule has 0 spiro atoms. The van der Waals surface area contributed by atoms with Gasteiger partial charge in [-0.1, -0.05) is 18.2 Å². The zero-order valence-electron chi connectivity index (χ0n) is 11.7. The van der Waals surface area contributed by atoms with Gasteiger partial charge in [-0.25, -0.2) is 5.43 Å². The third kappa shape index (κ3) is 3.53. The van der Waals surface area contributed by atoms with E-state index in [9.17, 15) is 0 Å². The van der Waals surface area contributed by atoms with Crippen LogP contribution >= 0.6 is 0 Å². The van der Waals surface area contributed by atoms with Gasteiger partial charge in [0.15, 0.2) is 6.29 Å². The lowest BCUT2D eigenvalue weighted by Crippen LogP contribution is -2.40. The van der Waals surface area contributed by atoms with Gasteiger partial charge in [0.2, 0.25) is 0 Å². The molecule has 0 radical (unpaired) electrons. The fraction of sp³-hybridized carbons (Fsp3) is 0.571. The number of hydrogen-bond acceptors (Lipinski definition) is 4. The second kappa shape index (κ2) is 7.48. The summed E-state index contributed by atoms with van der Waals surface area (Å²) >= 11 is 0. The Balaban J connectivity index is 3.02. The molecule has 102 valence electrons. The number of benzene rings is 1. The number of rotatable bonds is 7. The van der Waals surface area contributed by atoms with Crippen molar-refractivity contribution in [1.82, 2.24) is 5.43 Å². The van der Waals surface area contributed by atoms with E-state index < -0.39 is 0 Å². The van der Waals surface area contributed by atoms with E-state index in [0.717, 1.165) is 5.56 Å². The van der Waals surface area contributed by atoms with Gasteiger partial charge in [-0.15, -0.1) is 0 Å². The molecule has 0 heterocycles. The van der Waals surface area contributed by atoms with Gasteiger partial charge in [0.1, 0.15) is 0 Å². The van der Waals surface area contributed by atoms with E-state index in [1.54, 1.807) is 0 Å². The normalized spacial score (nSPS) is 13.0. The Labute approximate surface area is 109 Å². The van der Waals surface area contributed by atoms with Crippen molar-refractivity contribution >= 4 is 0 Å². The SMILES string of the molecule is CCOC(OCC)C(NN)c1cccc(C)c1C. The Hall–Kier alpha value is -0.940. The first-order valence-electron chi connectivity index (χ1n) is 6.41. The molecule has 0 fully saturated rings. The van der Waals surface area contributed by atoms with E-state index in [4.69, 9.17) is 15.3 Å². The third-order valence-electron chi connectivity index (χ3n) is 3.10. The minimum atomic E-state index is -0.370. The van der Waals surface area contributed by atoms with Crippen molar-refractivity contribution in [2.75, 3.05) is 13.2 Å². The predicted octanol–water partition coefficient (Wildman–Crippen LogP) is 2.21. The Bertz CT molecular complexity index is 363. The minimum absolute atomic E-state index is 0.162. The molecule has 3 N–H and O–H groups in total. The monoisotopic (exact) mass is 252 g/mol. The molecule has 18 heavy (non-hydrogen) atoms. The summed E-state index contributed by atoms with van der Waals surface area (Å²) in [5.41, 5.74) is 6.37. The smallest absolute Gasteiger partial charge is 0.178 e. The van der Waals surface area contributed by atoms with Crippen LogP contribution in [0.2, 0.25) is 0 Å². The predicted molar refractivity (Wildman–Crippen MR) is 73.0 cm³/mol. The Kier molecular flexibility index (Phi) is 6.29. The number of ether oxygens (including phenoxy) is 2. The van der Waals surface area contributed by atoms with Crippen LogP contribution < -0.4 is 11.3 Å². The van der Waals surface area contributed by atoms with Gasteiger partial charge in [0.05, 0.1) is 6.04 Å². The number of hydrazine groups is 1. The first-order valence-corrected chi connectivity index (χ1v) is 6.41. The van der Waals surface area contributed by atoms with Gasteiger partial charge < -0.3 is 9.47 Å². The minimum Gasteiger partial charge on any atom is -0.351 e. The molecule has 0 aromatic heterocycles. The molecule has 1 aromatic carbocycles. The molecular weight excluding hydrogens is 228 g/mol. The largest absolute Gasteiger partial charge is 0.351 e. The highest BCUT2D eigenvalue weighted by Crippen LogP contribution is 2.24. The standard InChI is InChI=1S/C14H24N2O2/c1-5-17-14(18-6-2)13(16-15)12-9-7-8-10(3)11(12)4/h7-9,13-14,16H,5-6,15H2,1-4H3. The first-order chi connectivity index (χ1) is 8.65. The molecule has 0 aliphatic rings. The van der Waals surface area contributed by atoms with Crippen molar-refractivity contribution in [1.29, 1.82) is 0 Å². The highest BCUT2D eigenvalue weighted by molar-refractivity contribution is 5.35. The van der Waals surface area contributed by atoms with Gasteiger partial charge in [-0.05, 0) is 44.4 Å². The maximum Gasteiger partial charge on any atom is 0.178 e. The molecular formula is C14H24N2O2. The highest BCUT2D eigenvalue weighted by Gasteiger charge is 2.24. The van der Waals surface area contributed by atoms with Crippen LogP contribution in [-0.2, 0) is 9.47 Å². The molecule has 0 aliphatic heterocycles. The average molecular weight is 252 g/mol. The van der Waals surface area contributed by atoms with Crippen LogP contribution in [0.4, 0.5) is 0 Å². The molecule has 1 rings (SSSR count). The average Bonchev–Trinajstić information content (AvgIpc) is 2.36. The van der Waals surface area contributed by atoms with Crippen molar-refractivity contribution in [3.05, 3.63) is 34.9 Å². The Morgan fingerprint density at radius 2 is 1.78 bits per heavy atom. The second-order valence-electron chi connectivity index (χ2n) is 4.21. The number of nitrogens with one attached hydrogen (secondary N) is 1. The van der Waals surface area contributed by atoms with Crippen LogP contribution in [0.5, 0.6) is 0 Å². The molecule has 0 saturated heterocycles. The molecule has 0 aliphatic carbocycles. The van der Waals surface area contributed by atoms with Crippen molar-refractivity contribution in [2.24, 2.45) is 5.84 Å². The number of nitrogens with two attached hydrogens (primary N) is 1. The fourth-order valence-corrected chi connectivity index (χ4v) is 1.99. The summed E-state index contributed by atoms with van der Waals surface area (Å²) in [6, 6.07) is 6.00. The Morgan fingerprint density at radius 3 is 2.28 bits per heavy atom. The maximum atomic E-state index is 5.68. The number of hydrogen-bond donors (Lipinski definition) is 2. The van der Waals surface area contributed by atoms with Crippen LogP contribution in [-0.4, -0.2) is 19.5 Å². The lowest BCUT2D eigenvalue weighted by atomic mass is 9.97. The van der Waals surface area contributed by atoms with Gasteiger partial charge in [-0.3, -0.25) is 5.84 Å². The van der Waals surface area contributed by atoms with Crippen molar-refractivity contribution in [3.63, 3.8) is 0 Å². The summed E-state index contributed by atoms with van der Waals surface area (Å²) in [7, 11) is 0. The van der Waals surface area contributed by atoms with Crippen LogP contribution in [0, 0.1) is 13.8 Å². The topological polar surface area (TPSA) is 56.5 Å². The van der Waals surface area contributed by atoms with Crippen LogP contribution in [0.25, 0.3) is 0 Å². The molecule has 0 amide bonds. The molecule has 0 saturated carbocycles. The fourth-order valence-electron chi connectivity index (χ4n) is 1.99. The van der Waals surface area contributed by atoms with Gasteiger partial charge in [0.25, 0.3) is 0 Å². The van der Waals surface area contributed by atoms with E-state index >= 15 is 0 Å². The van der Waals surface area contributed by atoms with E-state index in [2.05, 4.69) is 31.4 Å². The Morgan fingerprint density at radius 1 is 1.17 bits per heavy atom. The zero-order valence-corrected chi connectivity index (χ0v) is 11.7. The summed E-state index contributed by atoms with van der Waals surface area (Å²) in [4.78, 5) is 0. The summed E-state index contributed by atoms with van der Waals surface area (Å²) < 4.78 is 11.2. The zero-order chi connectivity index (χ0) is 13.5. The molecule has 4 nitrogen and oxygen atoms in total. The van der Waals surface area contributed by atoms with Crippen LogP contribution in [0.15, 0.2) is 18.2 Å². The molecule has 0 bridgehead atoms. The highest BCUT2D eigenvalue weighted by atomic mass is 16.7. The van der Waals surface area contributed by atoms with Crippen molar-refractivity contribution < 1.29 is 9.47 Å². The maximum absolute atomic E-state index is 5.68. The van der Waals surface area contributed by atoms with Gasteiger partial charge in [0, 0.05) is 13.2 Å². The summed E-state index contributed by atoms with van der Waals surface area (Å²) in [6.07, 6.45) is -0.370. The van der Waals surface area contributed by atoms with Gasteiger partial charge >= 0.3 is 0 Å².